The molecule has 1 amide bonds. The van der Waals surface area contributed by atoms with Gasteiger partial charge in [0.15, 0.2) is 0 Å². The van der Waals surface area contributed by atoms with Gasteiger partial charge in [-0.2, -0.15) is 5.10 Å². The van der Waals surface area contributed by atoms with Gasteiger partial charge < -0.3 is 5.32 Å². The van der Waals surface area contributed by atoms with Crippen molar-refractivity contribution in [2.24, 2.45) is 7.05 Å². The van der Waals surface area contributed by atoms with Gasteiger partial charge in [-0.1, -0.05) is 41.9 Å². The minimum atomic E-state index is -0.0761. The third-order valence-electron chi connectivity index (χ3n) is 4.35. The third kappa shape index (κ3) is 4.09. The zero-order chi connectivity index (χ0) is 17.8. The van der Waals surface area contributed by atoms with Crippen molar-refractivity contribution >= 4 is 17.5 Å². The van der Waals surface area contributed by atoms with E-state index in [0.29, 0.717) is 23.6 Å². The van der Waals surface area contributed by atoms with Gasteiger partial charge in [-0.3, -0.25) is 9.48 Å². The highest BCUT2D eigenvalue weighted by molar-refractivity contribution is 6.30. The molecular weight excluding hydrogens is 334 g/mol. The molecule has 0 aliphatic carbocycles. The van der Waals surface area contributed by atoms with Crippen molar-refractivity contribution in [3.8, 4) is 0 Å². The molecule has 4 nitrogen and oxygen atoms in total. The standard InChI is InChI=1S/C20H20ClN3O/c1-14-17(13-23-24(14)2)12-22-20(25)19-6-4-3-5-16(19)11-15-7-9-18(21)10-8-15/h3-10,13H,11-12H2,1-2H3,(H,22,25). The SMILES string of the molecule is Cc1c(CNC(=O)c2ccccc2Cc2ccc(Cl)cc2)cnn1C. The van der Waals surface area contributed by atoms with E-state index in [-0.39, 0.29) is 5.91 Å². The van der Waals surface area contributed by atoms with Crippen LogP contribution in [-0.4, -0.2) is 15.7 Å². The van der Waals surface area contributed by atoms with Crippen molar-refractivity contribution in [2.45, 2.75) is 19.9 Å². The second-order valence-electron chi connectivity index (χ2n) is 6.02. The molecule has 128 valence electrons. The Bertz CT molecular complexity index is 884. The summed E-state index contributed by atoms with van der Waals surface area (Å²) in [5, 5.41) is 7.90. The zero-order valence-electron chi connectivity index (χ0n) is 14.3. The molecular formula is C20H20ClN3O. The molecule has 2 aromatic carbocycles. The lowest BCUT2D eigenvalue weighted by molar-refractivity contribution is 0.0950. The molecule has 0 aliphatic heterocycles. The lowest BCUT2D eigenvalue weighted by Gasteiger charge is -2.10. The van der Waals surface area contributed by atoms with Crippen LogP contribution < -0.4 is 5.32 Å². The van der Waals surface area contributed by atoms with E-state index < -0.39 is 0 Å². The summed E-state index contributed by atoms with van der Waals surface area (Å²) in [5.41, 5.74) is 4.87. The molecule has 0 atom stereocenters. The van der Waals surface area contributed by atoms with E-state index >= 15 is 0 Å². The van der Waals surface area contributed by atoms with Crippen LogP contribution in [-0.2, 0) is 20.0 Å². The quantitative estimate of drug-likeness (QED) is 0.756. The molecule has 0 saturated heterocycles. The number of aryl methyl sites for hydroxylation is 1. The van der Waals surface area contributed by atoms with E-state index in [1.807, 2.05) is 62.5 Å². The van der Waals surface area contributed by atoms with Gasteiger partial charge >= 0.3 is 0 Å². The number of benzene rings is 2. The minimum absolute atomic E-state index is 0.0761. The Morgan fingerprint density at radius 2 is 1.84 bits per heavy atom. The van der Waals surface area contributed by atoms with E-state index in [1.54, 1.807) is 10.9 Å². The molecule has 1 heterocycles. The molecule has 0 radical (unpaired) electrons. The summed E-state index contributed by atoms with van der Waals surface area (Å²) in [5.74, 6) is -0.0761. The highest BCUT2D eigenvalue weighted by Crippen LogP contribution is 2.17. The molecule has 3 rings (SSSR count). The van der Waals surface area contributed by atoms with Crippen LogP contribution in [0.25, 0.3) is 0 Å². The summed E-state index contributed by atoms with van der Waals surface area (Å²) in [4.78, 5) is 12.6. The van der Waals surface area contributed by atoms with Crippen LogP contribution in [0.2, 0.25) is 5.02 Å². The Morgan fingerprint density at radius 1 is 1.12 bits per heavy atom. The van der Waals surface area contributed by atoms with Crippen LogP contribution in [0.15, 0.2) is 54.7 Å². The molecule has 5 heteroatoms. The summed E-state index contributed by atoms with van der Waals surface area (Å²) in [6.07, 6.45) is 2.47. The first kappa shape index (κ1) is 17.2. The predicted molar refractivity (Wildman–Crippen MR) is 99.8 cm³/mol. The van der Waals surface area contributed by atoms with Crippen molar-refractivity contribution in [3.63, 3.8) is 0 Å². The predicted octanol–water partition coefficient (Wildman–Crippen LogP) is 3.90. The highest BCUT2D eigenvalue weighted by Gasteiger charge is 2.12. The van der Waals surface area contributed by atoms with Crippen molar-refractivity contribution in [2.75, 3.05) is 0 Å². The Balaban J connectivity index is 1.74. The second-order valence-corrected chi connectivity index (χ2v) is 6.46. The smallest absolute Gasteiger partial charge is 0.251 e. The third-order valence-corrected chi connectivity index (χ3v) is 4.60. The molecule has 1 aromatic heterocycles. The second kappa shape index (κ2) is 7.53. The first-order chi connectivity index (χ1) is 12.0. The number of hydrogen-bond donors (Lipinski definition) is 1. The van der Waals surface area contributed by atoms with Crippen LogP contribution in [0.5, 0.6) is 0 Å². The molecule has 0 unspecified atom stereocenters. The number of carbonyl (C=O) groups is 1. The minimum Gasteiger partial charge on any atom is -0.348 e. The maximum atomic E-state index is 12.6. The van der Waals surface area contributed by atoms with E-state index in [4.69, 9.17) is 11.6 Å². The first-order valence-corrected chi connectivity index (χ1v) is 8.50. The number of nitrogens with one attached hydrogen (secondary N) is 1. The molecule has 0 spiro atoms. The van der Waals surface area contributed by atoms with Crippen LogP contribution in [0, 0.1) is 6.92 Å². The number of amides is 1. The number of rotatable bonds is 5. The number of carbonyl (C=O) groups excluding carboxylic acids is 1. The lowest BCUT2D eigenvalue weighted by atomic mass is 9.99. The Morgan fingerprint density at radius 3 is 2.52 bits per heavy atom. The fourth-order valence-corrected chi connectivity index (χ4v) is 2.83. The fraction of sp³-hybridized carbons (Fsp3) is 0.200. The maximum Gasteiger partial charge on any atom is 0.251 e. The zero-order valence-corrected chi connectivity index (χ0v) is 15.0. The molecule has 0 fully saturated rings. The van der Waals surface area contributed by atoms with Gasteiger partial charge in [0.25, 0.3) is 5.91 Å². The average molecular weight is 354 g/mol. The molecule has 1 N–H and O–H groups in total. The monoisotopic (exact) mass is 353 g/mol. The average Bonchev–Trinajstić information content (AvgIpc) is 2.94. The van der Waals surface area contributed by atoms with Gasteiger partial charge in [-0.25, -0.2) is 0 Å². The van der Waals surface area contributed by atoms with Crippen molar-refractivity contribution in [1.29, 1.82) is 0 Å². The summed E-state index contributed by atoms with van der Waals surface area (Å²) in [6, 6.07) is 15.4. The largest absolute Gasteiger partial charge is 0.348 e. The number of halogens is 1. The van der Waals surface area contributed by atoms with Crippen molar-refractivity contribution < 1.29 is 4.79 Å². The Labute approximate surface area is 152 Å². The van der Waals surface area contributed by atoms with Gasteiger partial charge in [-0.15, -0.1) is 0 Å². The maximum absolute atomic E-state index is 12.6. The normalized spacial score (nSPS) is 10.7. The van der Waals surface area contributed by atoms with Gasteiger partial charge in [0.05, 0.1) is 6.20 Å². The van der Waals surface area contributed by atoms with Gasteiger partial charge in [0, 0.05) is 35.4 Å². The molecule has 0 aliphatic rings. The summed E-state index contributed by atoms with van der Waals surface area (Å²) in [6.45, 7) is 2.46. The van der Waals surface area contributed by atoms with Crippen molar-refractivity contribution in [1.82, 2.24) is 15.1 Å². The van der Waals surface area contributed by atoms with E-state index in [1.165, 1.54) is 0 Å². The van der Waals surface area contributed by atoms with Crippen LogP contribution >= 0.6 is 11.6 Å². The van der Waals surface area contributed by atoms with Crippen LogP contribution in [0.3, 0.4) is 0 Å². The van der Waals surface area contributed by atoms with Gasteiger partial charge in [-0.05, 0) is 42.7 Å². The molecule has 3 aromatic rings. The van der Waals surface area contributed by atoms with Gasteiger partial charge in [0.2, 0.25) is 0 Å². The number of nitrogens with zero attached hydrogens (tertiary/aromatic N) is 2. The first-order valence-electron chi connectivity index (χ1n) is 8.12. The van der Waals surface area contributed by atoms with E-state index in [9.17, 15) is 4.79 Å². The van der Waals surface area contributed by atoms with E-state index in [0.717, 1.165) is 22.4 Å². The summed E-state index contributed by atoms with van der Waals surface area (Å²) < 4.78 is 1.80. The topological polar surface area (TPSA) is 46.9 Å². The van der Waals surface area contributed by atoms with Crippen LogP contribution in [0.1, 0.15) is 32.7 Å². The molecule has 0 saturated carbocycles. The van der Waals surface area contributed by atoms with Crippen molar-refractivity contribution in [3.05, 3.63) is 87.7 Å². The number of aromatic nitrogens is 2. The fourth-order valence-electron chi connectivity index (χ4n) is 2.71. The Hall–Kier alpha value is -2.59. The molecule has 0 bridgehead atoms. The summed E-state index contributed by atoms with van der Waals surface area (Å²) in [7, 11) is 1.89. The lowest BCUT2D eigenvalue weighted by Crippen LogP contribution is -2.24. The van der Waals surface area contributed by atoms with E-state index in [2.05, 4.69) is 10.4 Å². The molecule has 25 heavy (non-hydrogen) atoms. The van der Waals surface area contributed by atoms with Gasteiger partial charge in [0.1, 0.15) is 0 Å². The Kier molecular flexibility index (Phi) is 5.19. The van der Waals surface area contributed by atoms with Crippen LogP contribution in [0.4, 0.5) is 0 Å². The number of hydrogen-bond acceptors (Lipinski definition) is 2. The summed E-state index contributed by atoms with van der Waals surface area (Å²) >= 11 is 5.94. The highest BCUT2D eigenvalue weighted by atomic mass is 35.5.